The van der Waals surface area contributed by atoms with Crippen molar-refractivity contribution in [2.45, 2.75) is 0 Å². The second-order valence-electron chi connectivity index (χ2n) is 2.60. The van der Waals surface area contributed by atoms with Gasteiger partial charge in [-0.25, -0.2) is 4.39 Å². The molecule has 1 aromatic carbocycles. The molecule has 0 unspecified atom stereocenters. The van der Waals surface area contributed by atoms with E-state index in [1.807, 2.05) is 0 Å². The minimum atomic E-state index is -0.244. The molecule has 0 aliphatic carbocycles. The molecule has 2 aromatic rings. The predicted molar refractivity (Wildman–Crippen MR) is 51.8 cm³/mol. The summed E-state index contributed by atoms with van der Waals surface area (Å²) in [6, 6.07) is 7.98. The van der Waals surface area contributed by atoms with Crippen molar-refractivity contribution in [2.24, 2.45) is 0 Å². The Bertz CT molecular complexity index is 405. The molecule has 0 saturated carbocycles. The summed E-state index contributed by atoms with van der Waals surface area (Å²) in [5, 5.41) is 0. The lowest BCUT2D eigenvalue weighted by molar-refractivity contribution is 0.580. The molecule has 0 saturated heterocycles. The van der Waals surface area contributed by atoms with Crippen LogP contribution < -0.4 is 0 Å². The molecule has 0 N–H and O–H groups in total. The Kier molecular flexibility index (Phi) is 2.19. The van der Waals surface area contributed by atoms with E-state index in [4.69, 9.17) is 4.42 Å². The lowest BCUT2D eigenvalue weighted by Gasteiger charge is -1.96. The second kappa shape index (κ2) is 3.34. The average Bonchev–Trinajstić information content (AvgIpc) is 2.53. The summed E-state index contributed by atoms with van der Waals surface area (Å²) in [6.45, 7) is 0. The largest absolute Gasteiger partial charge is 0.463 e. The van der Waals surface area contributed by atoms with Crippen LogP contribution in [0, 0.1) is 5.82 Å². The first kappa shape index (κ1) is 8.51. The van der Waals surface area contributed by atoms with Crippen LogP contribution in [-0.4, -0.2) is 0 Å². The second-order valence-corrected chi connectivity index (χ2v) is 3.46. The lowest BCUT2D eigenvalue weighted by Crippen LogP contribution is -1.76. The normalized spacial score (nSPS) is 10.3. The molecule has 1 heterocycles. The van der Waals surface area contributed by atoms with E-state index in [2.05, 4.69) is 15.9 Å². The maximum atomic E-state index is 12.6. The van der Waals surface area contributed by atoms with Gasteiger partial charge in [-0.15, -0.1) is 0 Å². The van der Waals surface area contributed by atoms with Crippen molar-refractivity contribution in [3.05, 3.63) is 46.9 Å². The summed E-state index contributed by atoms with van der Waals surface area (Å²) in [7, 11) is 0. The van der Waals surface area contributed by atoms with E-state index in [-0.39, 0.29) is 5.82 Å². The van der Waals surface area contributed by atoms with Gasteiger partial charge in [0.2, 0.25) is 0 Å². The maximum absolute atomic E-state index is 12.6. The Morgan fingerprint density at radius 3 is 2.31 bits per heavy atom. The van der Waals surface area contributed by atoms with E-state index < -0.39 is 0 Å². The minimum absolute atomic E-state index is 0.244. The van der Waals surface area contributed by atoms with Crippen molar-refractivity contribution >= 4 is 15.9 Å². The van der Waals surface area contributed by atoms with Gasteiger partial charge in [0.25, 0.3) is 0 Å². The van der Waals surface area contributed by atoms with Gasteiger partial charge in [-0.2, -0.15) is 0 Å². The van der Waals surface area contributed by atoms with Crippen LogP contribution in [0.15, 0.2) is 45.5 Å². The highest BCUT2D eigenvalue weighted by Gasteiger charge is 2.05. The molecular formula is C10H6BrFO. The van der Waals surface area contributed by atoms with Crippen LogP contribution >= 0.6 is 15.9 Å². The first-order valence-electron chi connectivity index (χ1n) is 3.76. The molecule has 0 radical (unpaired) electrons. The first-order chi connectivity index (χ1) is 6.27. The monoisotopic (exact) mass is 240 g/mol. The SMILES string of the molecule is Fc1ccc(-c2occc2Br)cc1. The summed E-state index contributed by atoms with van der Waals surface area (Å²) in [4.78, 5) is 0. The zero-order valence-corrected chi connectivity index (χ0v) is 8.21. The van der Waals surface area contributed by atoms with E-state index in [1.54, 1.807) is 24.5 Å². The van der Waals surface area contributed by atoms with Crippen molar-refractivity contribution in [2.75, 3.05) is 0 Å². The molecule has 2 rings (SSSR count). The van der Waals surface area contributed by atoms with Gasteiger partial charge in [-0.1, -0.05) is 0 Å². The van der Waals surface area contributed by atoms with Crippen LogP contribution in [0.3, 0.4) is 0 Å². The number of benzene rings is 1. The summed E-state index contributed by atoms with van der Waals surface area (Å²) < 4.78 is 18.7. The highest BCUT2D eigenvalue weighted by atomic mass is 79.9. The standard InChI is InChI=1S/C10H6BrFO/c11-9-5-6-13-10(9)7-1-3-8(12)4-2-7/h1-6H. The molecule has 13 heavy (non-hydrogen) atoms. The van der Waals surface area contributed by atoms with E-state index in [0.717, 1.165) is 15.8 Å². The Balaban J connectivity index is 2.47. The van der Waals surface area contributed by atoms with E-state index in [0.29, 0.717) is 0 Å². The van der Waals surface area contributed by atoms with Gasteiger partial charge in [0.15, 0.2) is 0 Å². The average molecular weight is 241 g/mol. The minimum Gasteiger partial charge on any atom is -0.463 e. The van der Waals surface area contributed by atoms with Crippen molar-refractivity contribution in [3.63, 3.8) is 0 Å². The number of hydrogen-bond acceptors (Lipinski definition) is 1. The predicted octanol–water partition coefficient (Wildman–Crippen LogP) is 3.85. The molecule has 0 spiro atoms. The van der Waals surface area contributed by atoms with Crippen LogP contribution in [0.4, 0.5) is 4.39 Å². The van der Waals surface area contributed by atoms with Gasteiger partial charge < -0.3 is 4.42 Å². The Labute approximate surface area is 83.3 Å². The molecule has 0 bridgehead atoms. The van der Waals surface area contributed by atoms with Gasteiger partial charge in [-0.3, -0.25) is 0 Å². The molecule has 0 fully saturated rings. The van der Waals surface area contributed by atoms with Crippen molar-refractivity contribution in [1.29, 1.82) is 0 Å². The van der Waals surface area contributed by atoms with Crippen LogP contribution in [0.2, 0.25) is 0 Å². The molecule has 0 aliphatic rings. The van der Waals surface area contributed by atoms with Gasteiger partial charge >= 0.3 is 0 Å². The summed E-state index contributed by atoms with van der Waals surface area (Å²) in [6.07, 6.45) is 1.59. The fourth-order valence-electron chi connectivity index (χ4n) is 1.10. The van der Waals surface area contributed by atoms with Gasteiger partial charge in [0.1, 0.15) is 11.6 Å². The third-order valence-electron chi connectivity index (χ3n) is 1.72. The fraction of sp³-hybridized carbons (Fsp3) is 0. The number of furan rings is 1. The zero-order valence-electron chi connectivity index (χ0n) is 6.63. The molecule has 0 atom stereocenters. The molecule has 3 heteroatoms. The Morgan fingerprint density at radius 1 is 1.08 bits per heavy atom. The molecule has 66 valence electrons. The third kappa shape index (κ3) is 1.65. The van der Waals surface area contributed by atoms with Gasteiger partial charge in [0, 0.05) is 5.56 Å². The topological polar surface area (TPSA) is 13.1 Å². The van der Waals surface area contributed by atoms with Gasteiger partial charge in [0.05, 0.1) is 10.7 Å². The summed E-state index contributed by atoms with van der Waals surface area (Å²) in [5.74, 6) is 0.478. The Hall–Kier alpha value is -1.09. The third-order valence-corrected chi connectivity index (χ3v) is 2.35. The van der Waals surface area contributed by atoms with Crippen molar-refractivity contribution < 1.29 is 8.81 Å². The van der Waals surface area contributed by atoms with E-state index in [1.165, 1.54) is 12.1 Å². The van der Waals surface area contributed by atoms with Crippen LogP contribution in [-0.2, 0) is 0 Å². The summed E-state index contributed by atoms with van der Waals surface area (Å²) >= 11 is 3.33. The zero-order chi connectivity index (χ0) is 9.26. The van der Waals surface area contributed by atoms with Crippen molar-refractivity contribution in [3.8, 4) is 11.3 Å². The summed E-state index contributed by atoms with van der Waals surface area (Å²) in [5.41, 5.74) is 0.860. The highest BCUT2D eigenvalue weighted by molar-refractivity contribution is 9.10. The molecule has 0 aliphatic heterocycles. The van der Waals surface area contributed by atoms with E-state index in [9.17, 15) is 4.39 Å². The van der Waals surface area contributed by atoms with Crippen molar-refractivity contribution in [1.82, 2.24) is 0 Å². The van der Waals surface area contributed by atoms with E-state index >= 15 is 0 Å². The number of hydrogen-bond donors (Lipinski definition) is 0. The van der Waals surface area contributed by atoms with Crippen LogP contribution in [0.5, 0.6) is 0 Å². The molecule has 0 amide bonds. The first-order valence-corrected chi connectivity index (χ1v) is 4.55. The Morgan fingerprint density at radius 2 is 1.77 bits per heavy atom. The quantitative estimate of drug-likeness (QED) is 0.739. The number of rotatable bonds is 1. The van der Waals surface area contributed by atoms with Crippen LogP contribution in [0.25, 0.3) is 11.3 Å². The molecular weight excluding hydrogens is 235 g/mol. The smallest absolute Gasteiger partial charge is 0.148 e. The lowest BCUT2D eigenvalue weighted by atomic mass is 10.2. The number of halogens is 2. The molecule has 1 nitrogen and oxygen atoms in total. The highest BCUT2D eigenvalue weighted by Crippen LogP contribution is 2.28. The van der Waals surface area contributed by atoms with Gasteiger partial charge in [-0.05, 0) is 46.3 Å². The molecule has 1 aromatic heterocycles. The maximum Gasteiger partial charge on any atom is 0.148 e. The van der Waals surface area contributed by atoms with Crippen LogP contribution in [0.1, 0.15) is 0 Å². The fourth-order valence-corrected chi connectivity index (χ4v) is 1.53.